The number of fused-ring (bicyclic) bond motifs is 2. The molecule has 34 heavy (non-hydrogen) atoms. The van der Waals surface area contributed by atoms with E-state index in [-0.39, 0.29) is 5.56 Å². The SMILES string of the molecule is O=C(O)c1cccnc1N1CCN(CC(O)CN2c3ccccc3CCc3ccccc32)CC1. The summed E-state index contributed by atoms with van der Waals surface area (Å²) in [5.74, 6) is -0.438. The lowest BCUT2D eigenvalue weighted by Crippen LogP contribution is -2.50. The van der Waals surface area contributed by atoms with Crippen LogP contribution in [0.3, 0.4) is 0 Å². The van der Waals surface area contributed by atoms with E-state index >= 15 is 0 Å². The van der Waals surface area contributed by atoms with Crippen LogP contribution in [0, 0.1) is 0 Å². The van der Waals surface area contributed by atoms with E-state index in [0.29, 0.717) is 32.0 Å². The maximum Gasteiger partial charge on any atom is 0.339 e. The quantitative estimate of drug-likeness (QED) is 0.587. The van der Waals surface area contributed by atoms with E-state index in [1.165, 1.54) is 22.5 Å². The minimum Gasteiger partial charge on any atom is -0.478 e. The second-order valence-corrected chi connectivity index (χ2v) is 8.99. The number of aryl methyl sites for hydroxylation is 2. The molecule has 0 saturated carbocycles. The number of hydrogen-bond donors (Lipinski definition) is 2. The van der Waals surface area contributed by atoms with Gasteiger partial charge in [-0.3, -0.25) is 4.90 Å². The van der Waals surface area contributed by atoms with E-state index in [4.69, 9.17) is 0 Å². The van der Waals surface area contributed by atoms with Crippen molar-refractivity contribution < 1.29 is 15.0 Å². The third kappa shape index (κ3) is 4.62. The molecule has 1 saturated heterocycles. The molecule has 0 aliphatic carbocycles. The van der Waals surface area contributed by atoms with Crippen molar-refractivity contribution in [1.82, 2.24) is 9.88 Å². The molecule has 0 radical (unpaired) electrons. The van der Waals surface area contributed by atoms with Crippen LogP contribution >= 0.6 is 0 Å². The fourth-order valence-electron chi connectivity index (χ4n) is 5.09. The molecular weight excluding hydrogens is 428 g/mol. The molecule has 2 aliphatic rings. The zero-order valence-electron chi connectivity index (χ0n) is 19.2. The smallest absolute Gasteiger partial charge is 0.339 e. The summed E-state index contributed by atoms with van der Waals surface area (Å²) in [6.07, 6.45) is 3.10. The second-order valence-electron chi connectivity index (χ2n) is 8.99. The van der Waals surface area contributed by atoms with Crippen molar-refractivity contribution >= 4 is 23.2 Å². The maximum absolute atomic E-state index is 11.5. The van der Waals surface area contributed by atoms with Gasteiger partial charge in [0.15, 0.2) is 0 Å². The minimum absolute atomic E-state index is 0.231. The van der Waals surface area contributed by atoms with Gasteiger partial charge in [-0.1, -0.05) is 36.4 Å². The van der Waals surface area contributed by atoms with Gasteiger partial charge in [0.25, 0.3) is 0 Å². The van der Waals surface area contributed by atoms with E-state index < -0.39 is 12.1 Å². The fourth-order valence-corrected chi connectivity index (χ4v) is 5.09. The number of piperazine rings is 1. The largest absolute Gasteiger partial charge is 0.478 e. The van der Waals surface area contributed by atoms with Crippen molar-refractivity contribution in [2.24, 2.45) is 0 Å². The van der Waals surface area contributed by atoms with Gasteiger partial charge in [-0.2, -0.15) is 0 Å². The van der Waals surface area contributed by atoms with Crippen LogP contribution in [0.25, 0.3) is 0 Å². The number of pyridine rings is 1. The summed E-state index contributed by atoms with van der Waals surface area (Å²) in [6, 6.07) is 20.2. The number of nitrogens with zero attached hydrogens (tertiary/aromatic N) is 4. The van der Waals surface area contributed by atoms with E-state index in [2.05, 4.69) is 63.3 Å². The Hall–Kier alpha value is -3.42. The molecule has 3 heterocycles. The number of β-amino-alcohol motifs (C(OH)–C–C–N with tert-alkyl or cyclic N) is 1. The lowest BCUT2D eigenvalue weighted by molar-refractivity contribution is 0.0697. The van der Waals surface area contributed by atoms with Gasteiger partial charge in [0, 0.05) is 50.3 Å². The molecule has 7 heteroatoms. The van der Waals surface area contributed by atoms with Crippen LogP contribution in [0.4, 0.5) is 17.2 Å². The normalized spacial score (nSPS) is 17.0. The highest BCUT2D eigenvalue weighted by molar-refractivity contribution is 5.93. The lowest BCUT2D eigenvalue weighted by Gasteiger charge is -2.37. The number of anilines is 3. The predicted molar refractivity (Wildman–Crippen MR) is 133 cm³/mol. The lowest BCUT2D eigenvalue weighted by atomic mass is 10.0. The summed E-state index contributed by atoms with van der Waals surface area (Å²) >= 11 is 0. The number of aromatic carboxylic acids is 1. The van der Waals surface area contributed by atoms with Crippen LogP contribution < -0.4 is 9.80 Å². The van der Waals surface area contributed by atoms with Crippen molar-refractivity contribution in [1.29, 1.82) is 0 Å². The highest BCUT2D eigenvalue weighted by atomic mass is 16.4. The number of carboxylic acid groups (broad SMARTS) is 1. The first kappa shape index (κ1) is 22.4. The summed E-state index contributed by atoms with van der Waals surface area (Å²) in [7, 11) is 0. The Morgan fingerprint density at radius 2 is 1.47 bits per heavy atom. The highest BCUT2D eigenvalue weighted by Crippen LogP contribution is 2.36. The molecule has 0 spiro atoms. The molecule has 176 valence electrons. The average Bonchev–Trinajstić information content (AvgIpc) is 3.02. The maximum atomic E-state index is 11.5. The Morgan fingerprint density at radius 1 is 0.853 bits per heavy atom. The number of hydrogen-bond acceptors (Lipinski definition) is 6. The summed E-state index contributed by atoms with van der Waals surface area (Å²) < 4.78 is 0. The Balaban J connectivity index is 1.26. The monoisotopic (exact) mass is 458 g/mol. The fraction of sp³-hybridized carbons (Fsp3) is 0.333. The van der Waals surface area contributed by atoms with Gasteiger partial charge in [0.1, 0.15) is 11.4 Å². The molecule has 7 nitrogen and oxygen atoms in total. The number of aliphatic hydroxyl groups excluding tert-OH is 1. The molecule has 2 aromatic carbocycles. The van der Waals surface area contributed by atoms with Gasteiger partial charge < -0.3 is 20.0 Å². The van der Waals surface area contributed by atoms with Crippen LogP contribution in [0.1, 0.15) is 21.5 Å². The molecule has 1 aromatic heterocycles. The summed E-state index contributed by atoms with van der Waals surface area (Å²) in [5, 5.41) is 20.6. The summed E-state index contributed by atoms with van der Waals surface area (Å²) in [6.45, 7) is 3.96. The van der Waals surface area contributed by atoms with Crippen molar-refractivity contribution in [2.45, 2.75) is 18.9 Å². The Kier molecular flexibility index (Phi) is 6.47. The molecular formula is C27H30N4O3. The molecule has 0 bridgehead atoms. The van der Waals surface area contributed by atoms with Crippen molar-refractivity contribution in [3.63, 3.8) is 0 Å². The zero-order chi connectivity index (χ0) is 23.5. The molecule has 0 amide bonds. The third-order valence-corrected chi connectivity index (χ3v) is 6.78. The molecule has 5 rings (SSSR count). The minimum atomic E-state index is -0.959. The number of para-hydroxylation sites is 2. The highest BCUT2D eigenvalue weighted by Gasteiger charge is 2.26. The van der Waals surface area contributed by atoms with Gasteiger partial charge in [0.05, 0.1) is 12.6 Å². The summed E-state index contributed by atoms with van der Waals surface area (Å²) in [5.41, 5.74) is 5.20. The van der Waals surface area contributed by atoms with Gasteiger partial charge >= 0.3 is 5.97 Å². The van der Waals surface area contributed by atoms with E-state index in [1.807, 2.05) is 4.90 Å². The first-order chi connectivity index (χ1) is 16.6. The Morgan fingerprint density at radius 3 is 2.09 bits per heavy atom. The molecule has 2 aliphatic heterocycles. The number of aliphatic hydroxyl groups is 1. The van der Waals surface area contributed by atoms with Crippen LogP contribution in [0.2, 0.25) is 0 Å². The number of rotatable bonds is 6. The van der Waals surface area contributed by atoms with Gasteiger partial charge in [-0.25, -0.2) is 9.78 Å². The van der Waals surface area contributed by atoms with Gasteiger partial charge in [0.2, 0.25) is 0 Å². The van der Waals surface area contributed by atoms with Crippen LogP contribution in [0.15, 0.2) is 66.9 Å². The Bertz CT molecular complexity index is 1110. The van der Waals surface area contributed by atoms with Gasteiger partial charge in [-0.05, 0) is 48.2 Å². The Labute approximate surface area is 199 Å². The molecule has 1 unspecified atom stereocenters. The molecule has 1 atom stereocenters. The second kappa shape index (κ2) is 9.83. The standard InChI is InChI=1S/C27H30N4O3/c32-22(18-29-14-16-30(17-15-29)26-23(27(33)34)8-5-13-28-26)19-31-24-9-3-1-6-20(24)11-12-21-7-2-4-10-25(21)31/h1-10,13,22,32H,11-12,14-19H2,(H,33,34). The van der Waals surface area contributed by atoms with Crippen molar-refractivity contribution in [3.05, 3.63) is 83.6 Å². The van der Waals surface area contributed by atoms with Crippen molar-refractivity contribution in [2.75, 3.05) is 49.1 Å². The first-order valence-electron chi connectivity index (χ1n) is 11.9. The summed E-state index contributed by atoms with van der Waals surface area (Å²) in [4.78, 5) is 22.4. The van der Waals surface area contributed by atoms with Gasteiger partial charge in [-0.15, -0.1) is 0 Å². The molecule has 1 fully saturated rings. The van der Waals surface area contributed by atoms with Crippen LogP contribution in [-0.2, 0) is 12.8 Å². The van der Waals surface area contributed by atoms with E-state index in [1.54, 1.807) is 18.3 Å². The molecule has 3 aromatic rings. The predicted octanol–water partition coefficient (Wildman–Crippen LogP) is 3.20. The molecule has 2 N–H and O–H groups in total. The number of carbonyl (C=O) groups is 1. The van der Waals surface area contributed by atoms with Crippen LogP contribution in [0.5, 0.6) is 0 Å². The number of benzene rings is 2. The van der Waals surface area contributed by atoms with Crippen LogP contribution in [-0.4, -0.2) is 71.4 Å². The third-order valence-electron chi connectivity index (χ3n) is 6.78. The number of carboxylic acids is 1. The first-order valence-corrected chi connectivity index (χ1v) is 11.9. The average molecular weight is 459 g/mol. The topological polar surface area (TPSA) is 80.1 Å². The van der Waals surface area contributed by atoms with E-state index in [0.717, 1.165) is 25.9 Å². The van der Waals surface area contributed by atoms with Crippen molar-refractivity contribution in [3.8, 4) is 0 Å². The number of aromatic nitrogens is 1. The van der Waals surface area contributed by atoms with E-state index in [9.17, 15) is 15.0 Å². The zero-order valence-corrected chi connectivity index (χ0v) is 19.2.